The van der Waals surface area contributed by atoms with Crippen molar-refractivity contribution < 1.29 is 0 Å². The van der Waals surface area contributed by atoms with E-state index in [4.69, 9.17) is 5.26 Å². The van der Waals surface area contributed by atoms with E-state index in [1.54, 1.807) is 11.8 Å². The van der Waals surface area contributed by atoms with E-state index in [0.717, 1.165) is 12.0 Å². The highest BCUT2D eigenvalue weighted by Gasteiger charge is 2.00. The number of nitriles is 1. The lowest BCUT2D eigenvalue weighted by atomic mass is 10.1. The summed E-state index contributed by atoms with van der Waals surface area (Å²) in [5.41, 5.74) is 2.47. The first-order valence-electron chi connectivity index (χ1n) is 4.34. The second-order valence-electron chi connectivity index (χ2n) is 2.83. The Bertz CT molecular complexity index is 325. The van der Waals surface area contributed by atoms with Crippen LogP contribution in [-0.2, 0) is 12.8 Å². The molecule has 2 heteroatoms. The van der Waals surface area contributed by atoms with Gasteiger partial charge in [0, 0.05) is 4.90 Å². The summed E-state index contributed by atoms with van der Waals surface area (Å²) in [6.07, 6.45) is 3.63. The summed E-state index contributed by atoms with van der Waals surface area (Å²) in [7, 11) is 0. The molecule has 0 radical (unpaired) electrons. The predicted octanol–water partition coefficient (Wildman–Crippen LogP) is 3.04. The molecule has 1 aromatic carbocycles. The Morgan fingerprint density at radius 1 is 1.46 bits per heavy atom. The average Bonchev–Trinajstić information content (AvgIpc) is 2.18. The zero-order chi connectivity index (χ0) is 9.68. The third kappa shape index (κ3) is 2.50. The van der Waals surface area contributed by atoms with Crippen molar-refractivity contribution in [3.8, 4) is 6.07 Å². The fraction of sp³-hybridized carbons (Fsp3) is 0.364. The summed E-state index contributed by atoms with van der Waals surface area (Å²) >= 11 is 1.76. The number of hydrogen-bond acceptors (Lipinski definition) is 2. The molecule has 1 nitrogen and oxygen atoms in total. The molecule has 0 fully saturated rings. The van der Waals surface area contributed by atoms with E-state index < -0.39 is 0 Å². The van der Waals surface area contributed by atoms with Crippen LogP contribution < -0.4 is 0 Å². The van der Waals surface area contributed by atoms with E-state index in [0.29, 0.717) is 6.42 Å². The maximum atomic E-state index is 8.55. The molecule has 13 heavy (non-hydrogen) atoms. The average molecular weight is 191 g/mol. The molecule has 0 unspecified atom stereocenters. The Morgan fingerprint density at radius 2 is 2.23 bits per heavy atom. The molecule has 0 N–H and O–H groups in total. The van der Waals surface area contributed by atoms with Crippen LogP contribution in [-0.4, -0.2) is 6.26 Å². The lowest BCUT2D eigenvalue weighted by Gasteiger charge is -2.05. The molecular formula is C11H13NS. The Hall–Kier alpha value is -0.940. The third-order valence-corrected chi connectivity index (χ3v) is 2.85. The van der Waals surface area contributed by atoms with Crippen LogP contribution in [0.15, 0.2) is 23.1 Å². The van der Waals surface area contributed by atoms with Gasteiger partial charge >= 0.3 is 0 Å². The van der Waals surface area contributed by atoms with Gasteiger partial charge < -0.3 is 0 Å². The van der Waals surface area contributed by atoms with E-state index in [1.807, 2.05) is 6.07 Å². The van der Waals surface area contributed by atoms with Crippen LogP contribution in [0.5, 0.6) is 0 Å². The fourth-order valence-electron chi connectivity index (χ4n) is 1.31. The topological polar surface area (TPSA) is 23.8 Å². The smallest absolute Gasteiger partial charge is 0.0669 e. The van der Waals surface area contributed by atoms with Crippen LogP contribution in [0.4, 0.5) is 0 Å². The Kier molecular flexibility index (Phi) is 3.85. The first kappa shape index (κ1) is 10.1. The molecule has 0 aromatic heterocycles. The van der Waals surface area contributed by atoms with Crippen molar-refractivity contribution in [3.63, 3.8) is 0 Å². The maximum Gasteiger partial charge on any atom is 0.0669 e. The van der Waals surface area contributed by atoms with Gasteiger partial charge in [0.25, 0.3) is 0 Å². The quantitative estimate of drug-likeness (QED) is 0.686. The van der Waals surface area contributed by atoms with Crippen molar-refractivity contribution in [2.75, 3.05) is 6.26 Å². The summed E-state index contributed by atoms with van der Waals surface area (Å²) in [5, 5.41) is 8.55. The summed E-state index contributed by atoms with van der Waals surface area (Å²) in [4.78, 5) is 1.32. The number of hydrogen-bond donors (Lipinski definition) is 0. The van der Waals surface area contributed by atoms with Gasteiger partial charge in [-0.05, 0) is 29.9 Å². The molecular weight excluding hydrogens is 178 g/mol. The summed E-state index contributed by atoms with van der Waals surface area (Å²) in [6, 6.07) is 8.44. The third-order valence-electron chi connectivity index (χ3n) is 2.01. The first-order valence-corrected chi connectivity index (χ1v) is 5.57. The standard InChI is InChI=1S/C11H13NS/c1-3-10-8-9(6-7-12)4-5-11(10)13-2/h4-5,8H,3,6H2,1-2H3. The van der Waals surface area contributed by atoms with Crippen molar-refractivity contribution in [1.82, 2.24) is 0 Å². The van der Waals surface area contributed by atoms with Crippen molar-refractivity contribution in [2.45, 2.75) is 24.7 Å². The molecule has 0 bridgehead atoms. The van der Waals surface area contributed by atoms with Crippen LogP contribution >= 0.6 is 11.8 Å². The second-order valence-corrected chi connectivity index (χ2v) is 3.68. The monoisotopic (exact) mass is 191 g/mol. The highest BCUT2D eigenvalue weighted by Crippen LogP contribution is 2.22. The van der Waals surface area contributed by atoms with Crippen molar-refractivity contribution in [3.05, 3.63) is 29.3 Å². The Labute approximate surface area is 83.8 Å². The molecule has 0 aliphatic heterocycles. The maximum absolute atomic E-state index is 8.55. The van der Waals surface area contributed by atoms with Gasteiger partial charge in [-0.1, -0.05) is 19.1 Å². The summed E-state index contributed by atoms with van der Waals surface area (Å²) < 4.78 is 0. The number of rotatable bonds is 3. The molecule has 68 valence electrons. The molecule has 0 spiro atoms. The minimum Gasteiger partial charge on any atom is -0.198 e. The number of thioether (sulfide) groups is 1. The lowest BCUT2D eigenvalue weighted by molar-refractivity contribution is 1.06. The SMILES string of the molecule is CCc1cc(CC#N)ccc1SC. The Morgan fingerprint density at radius 3 is 2.77 bits per heavy atom. The van der Waals surface area contributed by atoms with Gasteiger partial charge in [-0.3, -0.25) is 0 Å². The minimum absolute atomic E-state index is 0.516. The summed E-state index contributed by atoms with van der Waals surface area (Å²) in [5.74, 6) is 0. The molecule has 0 aliphatic rings. The van der Waals surface area contributed by atoms with E-state index in [2.05, 4.69) is 31.4 Å². The van der Waals surface area contributed by atoms with Gasteiger partial charge in [-0.15, -0.1) is 11.8 Å². The van der Waals surface area contributed by atoms with Gasteiger partial charge in [0.1, 0.15) is 0 Å². The van der Waals surface area contributed by atoms with Gasteiger partial charge in [-0.25, -0.2) is 0 Å². The Balaban J connectivity index is 3.00. The minimum atomic E-state index is 0.516. The molecule has 0 atom stereocenters. The van der Waals surface area contributed by atoms with Crippen LogP contribution in [0.2, 0.25) is 0 Å². The van der Waals surface area contributed by atoms with Crippen LogP contribution in [0.1, 0.15) is 18.1 Å². The molecule has 1 aromatic rings. The molecule has 1 rings (SSSR count). The number of nitrogens with zero attached hydrogens (tertiary/aromatic N) is 1. The zero-order valence-electron chi connectivity index (χ0n) is 8.00. The first-order chi connectivity index (χ1) is 6.31. The highest BCUT2D eigenvalue weighted by molar-refractivity contribution is 7.98. The molecule has 0 amide bonds. The lowest BCUT2D eigenvalue weighted by Crippen LogP contribution is -1.89. The summed E-state index contributed by atoms with van der Waals surface area (Å²) in [6.45, 7) is 2.14. The van der Waals surface area contributed by atoms with Crippen LogP contribution in [0.25, 0.3) is 0 Å². The van der Waals surface area contributed by atoms with E-state index in [-0.39, 0.29) is 0 Å². The molecule has 0 saturated carbocycles. The van der Waals surface area contributed by atoms with Gasteiger partial charge in [0.2, 0.25) is 0 Å². The van der Waals surface area contributed by atoms with Crippen LogP contribution in [0, 0.1) is 11.3 Å². The molecule has 0 saturated heterocycles. The van der Waals surface area contributed by atoms with E-state index in [9.17, 15) is 0 Å². The van der Waals surface area contributed by atoms with E-state index >= 15 is 0 Å². The van der Waals surface area contributed by atoms with Gasteiger partial charge in [0.15, 0.2) is 0 Å². The number of aryl methyl sites for hydroxylation is 1. The predicted molar refractivity (Wildman–Crippen MR) is 56.9 cm³/mol. The van der Waals surface area contributed by atoms with E-state index in [1.165, 1.54) is 10.5 Å². The van der Waals surface area contributed by atoms with Crippen molar-refractivity contribution in [1.29, 1.82) is 5.26 Å². The van der Waals surface area contributed by atoms with Crippen molar-refractivity contribution >= 4 is 11.8 Å². The molecule has 0 heterocycles. The van der Waals surface area contributed by atoms with Gasteiger partial charge in [0.05, 0.1) is 12.5 Å². The normalized spacial score (nSPS) is 9.62. The van der Waals surface area contributed by atoms with Gasteiger partial charge in [-0.2, -0.15) is 5.26 Å². The second kappa shape index (κ2) is 4.94. The fourth-order valence-corrected chi connectivity index (χ4v) is 1.98. The van der Waals surface area contributed by atoms with Crippen molar-refractivity contribution in [2.24, 2.45) is 0 Å². The largest absolute Gasteiger partial charge is 0.198 e. The van der Waals surface area contributed by atoms with Crippen LogP contribution in [0.3, 0.4) is 0 Å². The zero-order valence-corrected chi connectivity index (χ0v) is 8.82. The molecule has 0 aliphatic carbocycles. The number of benzene rings is 1. The highest BCUT2D eigenvalue weighted by atomic mass is 32.2.